The van der Waals surface area contributed by atoms with Gasteiger partial charge in [-0.1, -0.05) is 29.8 Å². The lowest BCUT2D eigenvalue weighted by Crippen LogP contribution is -2.28. The maximum absolute atomic E-state index is 13.5. The minimum absolute atomic E-state index is 0.152. The van der Waals surface area contributed by atoms with Crippen LogP contribution in [0.5, 0.6) is 5.75 Å². The number of ether oxygens (including phenoxy) is 1. The first-order chi connectivity index (χ1) is 17.9. The second kappa shape index (κ2) is 10.7. The van der Waals surface area contributed by atoms with Gasteiger partial charge in [0, 0.05) is 48.6 Å². The lowest BCUT2D eigenvalue weighted by atomic mass is 9.99. The summed E-state index contributed by atoms with van der Waals surface area (Å²) in [4.78, 5) is 30.6. The number of likely N-dealkylation sites (tertiary alicyclic amines) is 1. The average Bonchev–Trinajstić information content (AvgIpc) is 3.53. The summed E-state index contributed by atoms with van der Waals surface area (Å²) in [5.41, 5.74) is 5.17. The quantitative estimate of drug-likeness (QED) is 0.461. The number of benzene rings is 2. The Morgan fingerprint density at radius 1 is 1.19 bits per heavy atom. The highest BCUT2D eigenvalue weighted by Crippen LogP contribution is 2.40. The molecule has 3 heterocycles. The monoisotopic (exact) mass is 519 g/mol. The smallest absolute Gasteiger partial charge is 0.253 e. The molecule has 37 heavy (non-hydrogen) atoms. The molecule has 2 unspecified atom stereocenters. The number of aryl methyl sites for hydroxylation is 1. The van der Waals surface area contributed by atoms with Crippen molar-refractivity contribution in [2.24, 2.45) is 0 Å². The highest BCUT2D eigenvalue weighted by Gasteiger charge is 2.27. The van der Waals surface area contributed by atoms with Gasteiger partial charge in [0.1, 0.15) is 18.0 Å². The standard InChI is InChI=1S/C29H27ClFN3O3/c1-18-2-3-19(15-32-18)16-33-27(35)9-8-25-13-23-12-22(14-26(30)28(23)37-25)20-4-6-21(7-5-20)29(36)34-11-10-24(31)17-34/h2-9,12,14-15,24-25H,10-11,13,16-17H2,1H3,(H,33,35). The number of aromatic nitrogens is 1. The Labute approximate surface area is 220 Å². The number of halogens is 2. The van der Waals surface area contributed by atoms with Crippen molar-refractivity contribution in [3.8, 4) is 16.9 Å². The minimum Gasteiger partial charge on any atom is -0.484 e. The van der Waals surface area contributed by atoms with Crippen LogP contribution in [0.25, 0.3) is 11.1 Å². The summed E-state index contributed by atoms with van der Waals surface area (Å²) in [6, 6.07) is 15.0. The topological polar surface area (TPSA) is 71.5 Å². The Morgan fingerprint density at radius 3 is 2.70 bits per heavy atom. The summed E-state index contributed by atoms with van der Waals surface area (Å²) in [5, 5.41) is 3.34. The van der Waals surface area contributed by atoms with E-state index in [1.807, 2.05) is 43.3 Å². The van der Waals surface area contributed by atoms with E-state index in [-0.39, 0.29) is 24.5 Å². The molecule has 0 spiro atoms. The fourth-order valence-corrected chi connectivity index (χ4v) is 4.84. The Morgan fingerprint density at radius 2 is 2.00 bits per heavy atom. The molecule has 3 aromatic rings. The average molecular weight is 520 g/mol. The van der Waals surface area contributed by atoms with Crippen molar-refractivity contribution in [2.45, 2.75) is 38.6 Å². The number of nitrogens with one attached hydrogen (secondary N) is 1. The molecule has 2 aliphatic rings. The third kappa shape index (κ3) is 5.83. The van der Waals surface area contributed by atoms with E-state index >= 15 is 0 Å². The highest BCUT2D eigenvalue weighted by molar-refractivity contribution is 6.32. The van der Waals surface area contributed by atoms with Crippen molar-refractivity contribution in [1.82, 2.24) is 15.2 Å². The van der Waals surface area contributed by atoms with E-state index in [0.717, 1.165) is 27.9 Å². The first-order valence-electron chi connectivity index (χ1n) is 12.3. The molecule has 190 valence electrons. The summed E-state index contributed by atoms with van der Waals surface area (Å²) < 4.78 is 19.4. The van der Waals surface area contributed by atoms with E-state index < -0.39 is 6.17 Å². The van der Waals surface area contributed by atoms with Crippen molar-refractivity contribution in [3.63, 3.8) is 0 Å². The molecule has 6 nitrogen and oxygen atoms in total. The van der Waals surface area contributed by atoms with Gasteiger partial charge in [0.15, 0.2) is 0 Å². The van der Waals surface area contributed by atoms with Crippen LogP contribution in [0.4, 0.5) is 4.39 Å². The van der Waals surface area contributed by atoms with Crippen LogP contribution < -0.4 is 10.1 Å². The maximum atomic E-state index is 13.5. The van der Waals surface area contributed by atoms with Gasteiger partial charge in [-0.05, 0) is 66.4 Å². The fraction of sp³-hybridized carbons (Fsp3) is 0.276. The van der Waals surface area contributed by atoms with Gasteiger partial charge in [-0.3, -0.25) is 14.6 Å². The number of carbonyl (C=O) groups excluding carboxylic acids is 2. The van der Waals surface area contributed by atoms with Crippen LogP contribution in [0.3, 0.4) is 0 Å². The molecule has 1 saturated heterocycles. The van der Waals surface area contributed by atoms with Gasteiger partial charge >= 0.3 is 0 Å². The molecular weight excluding hydrogens is 493 g/mol. The number of pyridine rings is 1. The number of amides is 2. The van der Waals surface area contributed by atoms with Crippen LogP contribution >= 0.6 is 11.6 Å². The third-order valence-corrected chi connectivity index (χ3v) is 6.88. The van der Waals surface area contributed by atoms with Crippen molar-refractivity contribution in [1.29, 1.82) is 0 Å². The summed E-state index contributed by atoms with van der Waals surface area (Å²) in [5.74, 6) is 0.256. The van der Waals surface area contributed by atoms with Gasteiger partial charge in [-0.15, -0.1) is 0 Å². The minimum atomic E-state index is -0.941. The Kier molecular flexibility index (Phi) is 7.24. The predicted molar refractivity (Wildman–Crippen MR) is 140 cm³/mol. The van der Waals surface area contributed by atoms with Crippen molar-refractivity contribution in [2.75, 3.05) is 13.1 Å². The van der Waals surface area contributed by atoms with Crippen LogP contribution in [0.1, 0.15) is 33.6 Å². The second-order valence-electron chi connectivity index (χ2n) is 9.41. The van der Waals surface area contributed by atoms with E-state index in [1.165, 1.54) is 6.08 Å². The number of rotatable bonds is 6. The molecule has 2 amide bonds. The molecule has 1 N–H and O–H groups in total. The van der Waals surface area contributed by atoms with Gasteiger partial charge in [-0.25, -0.2) is 4.39 Å². The molecule has 5 rings (SSSR count). The lowest BCUT2D eigenvalue weighted by Gasteiger charge is -2.15. The largest absolute Gasteiger partial charge is 0.484 e. The number of hydrogen-bond acceptors (Lipinski definition) is 4. The summed E-state index contributed by atoms with van der Waals surface area (Å²) >= 11 is 6.53. The van der Waals surface area contributed by atoms with Gasteiger partial charge in [0.2, 0.25) is 5.91 Å². The molecule has 0 bridgehead atoms. The summed E-state index contributed by atoms with van der Waals surface area (Å²) in [6.45, 7) is 2.92. The lowest BCUT2D eigenvalue weighted by molar-refractivity contribution is -0.116. The number of alkyl halides is 1. The predicted octanol–water partition coefficient (Wildman–Crippen LogP) is 5.07. The van der Waals surface area contributed by atoms with Crippen LogP contribution in [0.15, 0.2) is 66.9 Å². The SMILES string of the molecule is Cc1ccc(CNC(=O)C=CC2Cc3cc(-c4ccc(C(=O)N5CCC(F)C5)cc4)cc(Cl)c3O2)cn1. The molecule has 0 radical (unpaired) electrons. The molecule has 0 aliphatic carbocycles. The number of carbonyl (C=O) groups is 2. The normalized spacial score (nSPS) is 18.6. The van der Waals surface area contributed by atoms with E-state index in [9.17, 15) is 14.0 Å². The Bertz CT molecular complexity index is 1340. The Balaban J connectivity index is 1.21. The van der Waals surface area contributed by atoms with Gasteiger partial charge in [0.05, 0.1) is 11.6 Å². The third-order valence-electron chi connectivity index (χ3n) is 6.60. The zero-order valence-corrected chi connectivity index (χ0v) is 21.2. The summed E-state index contributed by atoms with van der Waals surface area (Å²) in [6.07, 6.45) is 4.71. The zero-order valence-electron chi connectivity index (χ0n) is 20.4. The highest BCUT2D eigenvalue weighted by atomic mass is 35.5. The van der Waals surface area contributed by atoms with Gasteiger partial charge in [-0.2, -0.15) is 0 Å². The number of hydrogen-bond donors (Lipinski definition) is 1. The molecule has 2 aliphatic heterocycles. The fourth-order valence-electron chi connectivity index (χ4n) is 4.55. The molecule has 2 aromatic carbocycles. The van der Waals surface area contributed by atoms with Gasteiger partial charge in [0.25, 0.3) is 5.91 Å². The van der Waals surface area contributed by atoms with Crippen molar-refractivity contribution < 1.29 is 18.7 Å². The molecular formula is C29H27ClFN3O3. The molecule has 8 heteroatoms. The van der Waals surface area contributed by atoms with Crippen LogP contribution in [0.2, 0.25) is 5.02 Å². The van der Waals surface area contributed by atoms with E-state index in [1.54, 1.807) is 29.3 Å². The van der Waals surface area contributed by atoms with Crippen molar-refractivity contribution >= 4 is 23.4 Å². The van der Waals surface area contributed by atoms with Crippen LogP contribution in [-0.2, 0) is 17.8 Å². The molecule has 2 atom stereocenters. The number of nitrogens with zero attached hydrogens (tertiary/aromatic N) is 2. The van der Waals surface area contributed by atoms with E-state index in [2.05, 4.69) is 10.3 Å². The van der Waals surface area contributed by atoms with Crippen LogP contribution in [0, 0.1) is 6.92 Å². The maximum Gasteiger partial charge on any atom is 0.253 e. The van der Waals surface area contributed by atoms with E-state index in [0.29, 0.717) is 42.3 Å². The van der Waals surface area contributed by atoms with Crippen molar-refractivity contribution in [3.05, 3.63) is 94.3 Å². The van der Waals surface area contributed by atoms with Crippen LogP contribution in [-0.4, -0.2) is 47.1 Å². The number of fused-ring (bicyclic) bond motifs is 1. The Hall–Kier alpha value is -3.71. The first-order valence-corrected chi connectivity index (χ1v) is 12.6. The first kappa shape index (κ1) is 25.0. The van der Waals surface area contributed by atoms with Gasteiger partial charge < -0.3 is 15.0 Å². The van der Waals surface area contributed by atoms with E-state index in [4.69, 9.17) is 16.3 Å². The zero-order chi connectivity index (χ0) is 25.9. The molecule has 1 fully saturated rings. The molecule has 0 saturated carbocycles. The summed E-state index contributed by atoms with van der Waals surface area (Å²) in [7, 11) is 0. The molecule has 1 aromatic heterocycles. The second-order valence-corrected chi connectivity index (χ2v) is 9.81.